The maximum absolute atomic E-state index is 11.2. The van der Waals surface area contributed by atoms with Gasteiger partial charge in [-0.2, -0.15) is 0 Å². The van der Waals surface area contributed by atoms with Crippen LogP contribution in [0, 0.1) is 0 Å². The van der Waals surface area contributed by atoms with Gasteiger partial charge in [-0.25, -0.2) is 4.79 Å². The van der Waals surface area contributed by atoms with Crippen molar-refractivity contribution in [2.75, 3.05) is 13.1 Å². The van der Waals surface area contributed by atoms with Crippen LogP contribution in [0.5, 0.6) is 0 Å². The zero-order valence-corrected chi connectivity index (χ0v) is 9.61. The van der Waals surface area contributed by atoms with Gasteiger partial charge in [0.25, 0.3) is 0 Å². The number of hydrogen-bond donors (Lipinski definition) is 1. The van der Waals surface area contributed by atoms with E-state index in [0.717, 1.165) is 31.3 Å². The molecule has 3 heteroatoms. The molecule has 1 aromatic carbocycles. The Morgan fingerprint density at radius 1 is 1.12 bits per heavy atom. The van der Waals surface area contributed by atoms with Crippen molar-refractivity contribution in [3.8, 4) is 0 Å². The van der Waals surface area contributed by atoms with Gasteiger partial charge in [0.2, 0.25) is 0 Å². The third kappa shape index (κ3) is 2.11. The Hall–Kier alpha value is -1.61. The molecule has 1 saturated heterocycles. The topological polar surface area (TPSA) is 42.2 Å². The molecule has 17 heavy (non-hydrogen) atoms. The summed E-state index contributed by atoms with van der Waals surface area (Å²) < 4.78 is 5.22. The standard InChI is InChI=1S/C14H15NO2/c16-14-4-3-11-1-2-12(9-13(11)17-14)10-5-7-15-8-6-10/h1-4,9-10,15H,5-8H2. The van der Waals surface area contributed by atoms with E-state index in [1.807, 2.05) is 18.2 Å². The number of fused-ring (bicyclic) bond motifs is 1. The summed E-state index contributed by atoms with van der Waals surface area (Å²) >= 11 is 0. The van der Waals surface area contributed by atoms with Crippen molar-refractivity contribution in [2.24, 2.45) is 0 Å². The SMILES string of the molecule is O=c1ccc2ccc(C3CCNCC3)cc2o1. The Morgan fingerprint density at radius 2 is 1.88 bits per heavy atom. The van der Waals surface area contributed by atoms with Crippen LogP contribution in [0.1, 0.15) is 24.3 Å². The molecule has 88 valence electrons. The highest BCUT2D eigenvalue weighted by Crippen LogP contribution is 2.27. The molecule has 1 aliphatic heterocycles. The second-order valence-corrected chi connectivity index (χ2v) is 4.58. The number of hydrogen-bond acceptors (Lipinski definition) is 3. The Kier molecular flexibility index (Phi) is 2.69. The van der Waals surface area contributed by atoms with E-state index in [9.17, 15) is 4.79 Å². The van der Waals surface area contributed by atoms with Crippen LogP contribution in [-0.2, 0) is 0 Å². The van der Waals surface area contributed by atoms with Crippen LogP contribution in [0.4, 0.5) is 0 Å². The largest absolute Gasteiger partial charge is 0.423 e. The fourth-order valence-electron chi connectivity index (χ4n) is 2.49. The van der Waals surface area contributed by atoms with E-state index in [1.165, 1.54) is 11.6 Å². The molecule has 1 aliphatic rings. The van der Waals surface area contributed by atoms with Crippen molar-refractivity contribution < 1.29 is 4.42 Å². The third-order valence-electron chi connectivity index (χ3n) is 3.46. The maximum Gasteiger partial charge on any atom is 0.336 e. The first-order valence-corrected chi connectivity index (χ1v) is 6.07. The Balaban J connectivity index is 2.02. The quantitative estimate of drug-likeness (QED) is 0.763. The lowest BCUT2D eigenvalue weighted by atomic mass is 9.90. The van der Waals surface area contributed by atoms with Crippen molar-refractivity contribution >= 4 is 11.0 Å². The summed E-state index contributed by atoms with van der Waals surface area (Å²) in [6.45, 7) is 2.14. The minimum Gasteiger partial charge on any atom is -0.423 e. The predicted octanol–water partition coefficient (Wildman–Crippen LogP) is 2.26. The summed E-state index contributed by atoms with van der Waals surface area (Å²) in [6, 6.07) is 9.49. The van der Waals surface area contributed by atoms with Gasteiger partial charge in [-0.05, 0) is 49.5 Å². The highest BCUT2D eigenvalue weighted by Gasteiger charge is 2.15. The van der Waals surface area contributed by atoms with Crippen LogP contribution in [0.3, 0.4) is 0 Å². The lowest BCUT2D eigenvalue weighted by molar-refractivity contribution is 0.460. The van der Waals surface area contributed by atoms with Crippen LogP contribution in [0.2, 0.25) is 0 Å². The van der Waals surface area contributed by atoms with Crippen molar-refractivity contribution in [1.82, 2.24) is 5.32 Å². The molecule has 0 spiro atoms. The zero-order valence-electron chi connectivity index (χ0n) is 9.61. The molecule has 0 saturated carbocycles. The van der Waals surface area contributed by atoms with Gasteiger partial charge < -0.3 is 9.73 Å². The number of nitrogens with one attached hydrogen (secondary N) is 1. The van der Waals surface area contributed by atoms with Gasteiger partial charge >= 0.3 is 5.63 Å². The molecular weight excluding hydrogens is 214 g/mol. The highest BCUT2D eigenvalue weighted by atomic mass is 16.4. The van der Waals surface area contributed by atoms with Gasteiger partial charge in [-0.3, -0.25) is 0 Å². The van der Waals surface area contributed by atoms with E-state index in [-0.39, 0.29) is 5.63 Å². The molecule has 1 N–H and O–H groups in total. The Labute approximate surface area is 99.4 Å². The van der Waals surface area contributed by atoms with Crippen LogP contribution in [0.25, 0.3) is 11.0 Å². The first kappa shape index (κ1) is 10.5. The normalized spacial score (nSPS) is 17.4. The van der Waals surface area contributed by atoms with E-state index in [2.05, 4.69) is 11.4 Å². The minimum absolute atomic E-state index is 0.278. The van der Waals surface area contributed by atoms with Crippen molar-refractivity contribution in [3.63, 3.8) is 0 Å². The number of benzene rings is 1. The lowest BCUT2D eigenvalue weighted by Gasteiger charge is -2.22. The molecule has 3 nitrogen and oxygen atoms in total. The summed E-state index contributed by atoms with van der Waals surface area (Å²) in [5.41, 5.74) is 1.71. The van der Waals surface area contributed by atoms with E-state index in [1.54, 1.807) is 0 Å². The van der Waals surface area contributed by atoms with Crippen LogP contribution < -0.4 is 10.9 Å². The highest BCUT2D eigenvalue weighted by molar-refractivity contribution is 5.77. The molecule has 1 fully saturated rings. The van der Waals surface area contributed by atoms with Crippen molar-refractivity contribution in [3.05, 3.63) is 46.3 Å². The summed E-state index contributed by atoms with van der Waals surface area (Å²) in [7, 11) is 0. The Bertz CT molecular complexity index is 582. The molecule has 2 heterocycles. The molecule has 3 rings (SSSR count). The van der Waals surface area contributed by atoms with E-state index in [4.69, 9.17) is 4.42 Å². The Morgan fingerprint density at radius 3 is 2.71 bits per heavy atom. The van der Waals surface area contributed by atoms with Gasteiger partial charge in [-0.1, -0.05) is 12.1 Å². The lowest BCUT2D eigenvalue weighted by Crippen LogP contribution is -2.26. The van der Waals surface area contributed by atoms with Crippen LogP contribution in [-0.4, -0.2) is 13.1 Å². The summed E-state index contributed by atoms with van der Waals surface area (Å²) in [5.74, 6) is 0.589. The molecule has 0 unspecified atom stereocenters. The number of piperidine rings is 1. The zero-order chi connectivity index (χ0) is 11.7. The fraction of sp³-hybridized carbons (Fsp3) is 0.357. The van der Waals surface area contributed by atoms with Crippen LogP contribution >= 0.6 is 0 Å². The van der Waals surface area contributed by atoms with Gasteiger partial charge in [0, 0.05) is 11.5 Å². The molecule has 0 aliphatic carbocycles. The smallest absolute Gasteiger partial charge is 0.336 e. The van der Waals surface area contributed by atoms with Gasteiger partial charge in [0.05, 0.1) is 0 Å². The van der Waals surface area contributed by atoms with Gasteiger partial charge in [0.15, 0.2) is 0 Å². The first-order chi connectivity index (χ1) is 8.33. The predicted molar refractivity (Wildman–Crippen MR) is 67.3 cm³/mol. The minimum atomic E-state index is -0.278. The third-order valence-corrected chi connectivity index (χ3v) is 3.46. The van der Waals surface area contributed by atoms with Crippen LogP contribution in [0.15, 0.2) is 39.5 Å². The average molecular weight is 229 g/mol. The van der Waals surface area contributed by atoms with Crippen molar-refractivity contribution in [1.29, 1.82) is 0 Å². The molecule has 0 amide bonds. The van der Waals surface area contributed by atoms with Gasteiger partial charge in [0.1, 0.15) is 5.58 Å². The number of rotatable bonds is 1. The van der Waals surface area contributed by atoms with E-state index in [0.29, 0.717) is 11.5 Å². The molecule has 1 aromatic heterocycles. The molecule has 2 aromatic rings. The molecular formula is C14H15NO2. The van der Waals surface area contributed by atoms with E-state index < -0.39 is 0 Å². The first-order valence-electron chi connectivity index (χ1n) is 6.07. The summed E-state index contributed by atoms with van der Waals surface area (Å²) in [6.07, 6.45) is 2.31. The van der Waals surface area contributed by atoms with Crippen molar-refractivity contribution in [2.45, 2.75) is 18.8 Å². The monoisotopic (exact) mass is 229 g/mol. The fourth-order valence-corrected chi connectivity index (χ4v) is 2.49. The molecule has 0 atom stereocenters. The maximum atomic E-state index is 11.2. The second-order valence-electron chi connectivity index (χ2n) is 4.58. The summed E-state index contributed by atoms with van der Waals surface area (Å²) in [4.78, 5) is 11.2. The average Bonchev–Trinajstić information content (AvgIpc) is 2.39. The summed E-state index contributed by atoms with van der Waals surface area (Å²) in [5, 5.41) is 4.35. The molecule has 0 radical (unpaired) electrons. The van der Waals surface area contributed by atoms with Gasteiger partial charge in [-0.15, -0.1) is 0 Å². The van der Waals surface area contributed by atoms with E-state index >= 15 is 0 Å². The second kappa shape index (κ2) is 4.34. The molecule has 0 bridgehead atoms.